The molecule has 4 rings (SSSR count). The van der Waals surface area contributed by atoms with Gasteiger partial charge in [-0.25, -0.2) is 4.39 Å². The summed E-state index contributed by atoms with van der Waals surface area (Å²) in [6.45, 7) is 3.69. The van der Waals surface area contributed by atoms with Crippen LogP contribution in [0.3, 0.4) is 0 Å². The highest BCUT2D eigenvalue weighted by Gasteiger charge is 2.42. The number of rotatable bonds is 5. The Kier molecular flexibility index (Phi) is 4.98. The molecule has 26 heavy (non-hydrogen) atoms. The Morgan fingerprint density at radius 1 is 1.19 bits per heavy atom. The number of fused-ring (bicyclic) bond motifs is 1. The molecule has 0 bridgehead atoms. The van der Waals surface area contributed by atoms with Gasteiger partial charge < -0.3 is 4.90 Å². The minimum absolute atomic E-state index is 0.156. The minimum Gasteiger partial charge on any atom is -0.338 e. The van der Waals surface area contributed by atoms with Crippen LogP contribution in [0.1, 0.15) is 24.0 Å². The van der Waals surface area contributed by atoms with Crippen LogP contribution in [0.15, 0.2) is 48.8 Å². The zero-order valence-electron chi connectivity index (χ0n) is 14.9. The molecule has 0 aliphatic carbocycles. The molecule has 2 aromatic rings. The van der Waals surface area contributed by atoms with E-state index in [0.717, 1.165) is 32.6 Å². The molecule has 0 saturated carbocycles. The molecule has 0 N–H and O–H groups in total. The molecule has 5 heteroatoms. The number of carbonyl (C=O) groups is 1. The van der Waals surface area contributed by atoms with Gasteiger partial charge in [-0.1, -0.05) is 24.3 Å². The Hall–Kier alpha value is -2.27. The molecule has 136 valence electrons. The number of halogens is 1. The van der Waals surface area contributed by atoms with Crippen molar-refractivity contribution in [3.05, 3.63) is 65.7 Å². The van der Waals surface area contributed by atoms with E-state index in [1.54, 1.807) is 18.3 Å². The second-order valence-electron chi connectivity index (χ2n) is 7.35. The summed E-state index contributed by atoms with van der Waals surface area (Å²) in [5.41, 5.74) is 1.84. The van der Waals surface area contributed by atoms with Crippen LogP contribution in [0.5, 0.6) is 0 Å². The molecule has 2 fully saturated rings. The Morgan fingerprint density at radius 3 is 2.88 bits per heavy atom. The van der Waals surface area contributed by atoms with Crippen molar-refractivity contribution in [2.45, 2.75) is 31.8 Å². The van der Waals surface area contributed by atoms with Crippen molar-refractivity contribution >= 4 is 5.91 Å². The van der Waals surface area contributed by atoms with Gasteiger partial charge in [0.05, 0.1) is 0 Å². The van der Waals surface area contributed by atoms with Gasteiger partial charge in [-0.3, -0.25) is 14.7 Å². The monoisotopic (exact) mass is 353 g/mol. The SMILES string of the molecule is O=C(CCc1ccccc1F)N1CC[C@H]2CN(Cc3cccnc3)C[C@H]21. The number of nitrogens with zero attached hydrogens (tertiary/aromatic N) is 3. The molecule has 2 saturated heterocycles. The quantitative estimate of drug-likeness (QED) is 0.829. The molecule has 1 amide bonds. The van der Waals surface area contributed by atoms with Crippen molar-refractivity contribution in [2.24, 2.45) is 5.92 Å². The van der Waals surface area contributed by atoms with E-state index in [4.69, 9.17) is 0 Å². The van der Waals surface area contributed by atoms with Gasteiger partial charge >= 0.3 is 0 Å². The number of likely N-dealkylation sites (tertiary alicyclic amines) is 2. The molecule has 2 aliphatic heterocycles. The van der Waals surface area contributed by atoms with Crippen LogP contribution in [0, 0.1) is 11.7 Å². The summed E-state index contributed by atoms with van der Waals surface area (Å²) in [6, 6.07) is 11.1. The third kappa shape index (κ3) is 3.63. The van der Waals surface area contributed by atoms with Gasteiger partial charge in [-0.2, -0.15) is 0 Å². The number of carbonyl (C=O) groups excluding carboxylic acids is 1. The van der Waals surface area contributed by atoms with Gasteiger partial charge in [-0.05, 0) is 42.0 Å². The minimum atomic E-state index is -0.219. The van der Waals surface area contributed by atoms with E-state index in [1.807, 2.05) is 23.2 Å². The standard InChI is InChI=1S/C21H24FN3O/c22-19-6-2-1-5-17(19)7-8-21(26)25-11-9-18-14-24(15-20(18)25)13-16-4-3-10-23-12-16/h1-6,10,12,18,20H,7-9,11,13-15H2/t18-,20+/m0/s1. The van der Waals surface area contributed by atoms with Gasteiger partial charge in [0, 0.05) is 51.0 Å². The molecule has 2 atom stereocenters. The van der Waals surface area contributed by atoms with Crippen LogP contribution >= 0.6 is 0 Å². The van der Waals surface area contributed by atoms with E-state index in [0.29, 0.717) is 30.4 Å². The lowest BCUT2D eigenvalue weighted by atomic mass is 10.0. The summed E-state index contributed by atoms with van der Waals surface area (Å²) >= 11 is 0. The highest BCUT2D eigenvalue weighted by atomic mass is 19.1. The second-order valence-corrected chi connectivity index (χ2v) is 7.35. The Labute approximate surface area is 153 Å². The molecule has 0 spiro atoms. The first kappa shape index (κ1) is 17.2. The third-order valence-electron chi connectivity index (χ3n) is 5.64. The smallest absolute Gasteiger partial charge is 0.223 e. The van der Waals surface area contributed by atoms with Crippen molar-refractivity contribution in [1.82, 2.24) is 14.8 Å². The van der Waals surface area contributed by atoms with Crippen molar-refractivity contribution in [1.29, 1.82) is 0 Å². The topological polar surface area (TPSA) is 36.4 Å². The summed E-state index contributed by atoms with van der Waals surface area (Å²) in [5.74, 6) is 0.496. The summed E-state index contributed by atoms with van der Waals surface area (Å²) in [5, 5.41) is 0. The first-order valence-electron chi connectivity index (χ1n) is 9.35. The molecule has 1 aromatic heterocycles. The van der Waals surface area contributed by atoms with Gasteiger partial charge in [0.1, 0.15) is 5.82 Å². The van der Waals surface area contributed by atoms with Crippen LogP contribution < -0.4 is 0 Å². The fraction of sp³-hybridized carbons (Fsp3) is 0.429. The van der Waals surface area contributed by atoms with Crippen LogP contribution in [0.2, 0.25) is 0 Å². The second kappa shape index (κ2) is 7.54. The van der Waals surface area contributed by atoms with Crippen LogP contribution in [-0.2, 0) is 17.8 Å². The number of benzene rings is 1. The molecule has 3 heterocycles. The average molecular weight is 353 g/mol. The highest BCUT2D eigenvalue weighted by Crippen LogP contribution is 2.32. The highest BCUT2D eigenvalue weighted by molar-refractivity contribution is 5.77. The number of hydrogen-bond donors (Lipinski definition) is 0. The number of aromatic nitrogens is 1. The van der Waals surface area contributed by atoms with E-state index < -0.39 is 0 Å². The van der Waals surface area contributed by atoms with Crippen molar-refractivity contribution in [3.63, 3.8) is 0 Å². The van der Waals surface area contributed by atoms with Gasteiger partial charge in [0.25, 0.3) is 0 Å². The number of aryl methyl sites for hydroxylation is 1. The fourth-order valence-corrected chi connectivity index (χ4v) is 4.32. The maximum absolute atomic E-state index is 13.8. The summed E-state index contributed by atoms with van der Waals surface area (Å²) < 4.78 is 13.8. The molecular weight excluding hydrogens is 329 g/mol. The zero-order valence-corrected chi connectivity index (χ0v) is 14.9. The first-order valence-corrected chi connectivity index (χ1v) is 9.35. The van der Waals surface area contributed by atoms with Crippen molar-refractivity contribution < 1.29 is 9.18 Å². The van der Waals surface area contributed by atoms with Gasteiger partial charge in [-0.15, -0.1) is 0 Å². The summed E-state index contributed by atoms with van der Waals surface area (Å²) in [4.78, 5) is 21.3. The van der Waals surface area contributed by atoms with E-state index in [1.165, 1.54) is 11.6 Å². The normalized spacial score (nSPS) is 22.6. The largest absolute Gasteiger partial charge is 0.338 e. The lowest BCUT2D eigenvalue weighted by Gasteiger charge is -2.25. The summed E-state index contributed by atoms with van der Waals surface area (Å²) in [7, 11) is 0. The third-order valence-corrected chi connectivity index (χ3v) is 5.64. The number of pyridine rings is 1. The predicted molar refractivity (Wildman–Crippen MR) is 97.8 cm³/mol. The van der Waals surface area contributed by atoms with Crippen LogP contribution in [0.25, 0.3) is 0 Å². The van der Waals surface area contributed by atoms with E-state index >= 15 is 0 Å². The summed E-state index contributed by atoms with van der Waals surface area (Å²) in [6.07, 6.45) is 5.62. The average Bonchev–Trinajstić information content (AvgIpc) is 3.21. The van der Waals surface area contributed by atoms with Crippen LogP contribution in [0.4, 0.5) is 4.39 Å². The van der Waals surface area contributed by atoms with Crippen molar-refractivity contribution in [3.8, 4) is 0 Å². The Morgan fingerprint density at radius 2 is 2.08 bits per heavy atom. The number of hydrogen-bond acceptors (Lipinski definition) is 3. The maximum Gasteiger partial charge on any atom is 0.223 e. The lowest BCUT2D eigenvalue weighted by molar-refractivity contribution is -0.132. The zero-order chi connectivity index (χ0) is 17.9. The molecule has 4 nitrogen and oxygen atoms in total. The van der Waals surface area contributed by atoms with Gasteiger partial charge in [0.2, 0.25) is 5.91 Å². The van der Waals surface area contributed by atoms with Crippen molar-refractivity contribution in [2.75, 3.05) is 19.6 Å². The molecule has 2 aliphatic rings. The fourth-order valence-electron chi connectivity index (χ4n) is 4.32. The predicted octanol–water partition coefficient (Wildman–Crippen LogP) is 2.89. The van der Waals surface area contributed by atoms with Crippen LogP contribution in [-0.4, -0.2) is 46.4 Å². The van der Waals surface area contributed by atoms with Gasteiger partial charge in [0.15, 0.2) is 0 Å². The molecular formula is C21H24FN3O. The van der Waals surface area contributed by atoms with E-state index in [-0.39, 0.29) is 11.7 Å². The first-order chi connectivity index (χ1) is 12.7. The lowest BCUT2D eigenvalue weighted by Crippen LogP contribution is -2.39. The Balaban J connectivity index is 1.34. The molecule has 0 unspecified atom stereocenters. The maximum atomic E-state index is 13.8. The Bertz CT molecular complexity index is 767. The van der Waals surface area contributed by atoms with E-state index in [9.17, 15) is 9.18 Å². The number of amides is 1. The molecule has 0 radical (unpaired) electrons. The van der Waals surface area contributed by atoms with E-state index in [2.05, 4.69) is 16.0 Å². The molecule has 1 aromatic carbocycles.